The molecule has 2 aliphatic heterocycles. The fourth-order valence-corrected chi connectivity index (χ4v) is 9.05. The quantitative estimate of drug-likeness (QED) is 0.185. The molecule has 10 nitrogen and oxygen atoms in total. The van der Waals surface area contributed by atoms with Crippen LogP contribution in [0.3, 0.4) is 0 Å². The van der Waals surface area contributed by atoms with Crippen LogP contribution in [0.4, 0.5) is 5.69 Å². The average molecular weight is 731 g/mol. The molecule has 3 fully saturated rings. The SMILES string of the molecule is CCCN1C(=O)[C@H]2[C@H](CC=C3[C@H]2C[C@H]2C(=O)N(Nc4ccc(Cl)cc4Cl)C(=O)[C@@]2(c2ccc(OC)cc2)[C@H]3C=Cc2ccc(O)c(OC)c2)C1=O. The molecule has 1 saturated carbocycles. The molecule has 3 aromatic rings. The van der Waals surface area contributed by atoms with Gasteiger partial charge in [-0.1, -0.05) is 72.1 Å². The van der Waals surface area contributed by atoms with E-state index in [1.807, 2.05) is 25.2 Å². The van der Waals surface area contributed by atoms with Gasteiger partial charge in [0.2, 0.25) is 11.8 Å². The van der Waals surface area contributed by atoms with Gasteiger partial charge in [0, 0.05) is 17.5 Å². The van der Waals surface area contributed by atoms with E-state index in [-0.39, 0.29) is 34.8 Å². The van der Waals surface area contributed by atoms with Gasteiger partial charge < -0.3 is 14.6 Å². The molecule has 2 saturated heterocycles. The van der Waals surface area contributed by atoms with Crippen molar-refractivity contribution in [2.24, 2.45) is 29.6 Å². The summed E-state index contributed by atoms with van der Waals surface area (Å²) in [4.78, 5) is 58.9. The van der Waals surface area contributed by atoms with Gasteiger partial charge >= 0.3 is 0 Å². The Morgan fingerprint density at radius 1 is 0.941 bits per heavy atom. The van der Waals surface area contributed by atoms with Gasteiger partial charge in [-0.2, -0.15) is 5.01 Å². The summed E-state index contributed by atoms with van der Waals surface area (Å²) in [6.45, 7) is 2.25. The van der Waals surface area contributed by atoms with Crippen LogP contribution in [0, 0.1) is 29.6 Å². The third kappa shape index (κ3) is 5.47. The van der Waals surface area contributed by atoms with Gasteiger partial charge in [-0.3, -0.25) is 29.5 Å². The number of hydrazine groups is 1. The summed E-state index contributed by atoms with van der Waals surface area (Å²) in [6.07, 6.45) is 6.88. The molecule has 12 heteroatoms. The van der Waals surface area contributed by atoms with E-state index in [1.54, 1.807) is 55.6 Å². The summed E-state index contributed by atoms with van der Waals surface area (Å²) in [7, 11) is 3.01. The van der Waals surface area contributed by atoms with Crippen molar-refractivity contribution in [3.8, 4) is 17.2 Å². The topological polar surface area (TPSA) is 125 Å². The van der Waals surface area contributed by atoms with Crippen LogP contribution < -0.4 is 14.9 Å². The number of phenolic OH excluding ortho intramolecular Hbond substituents is 1. The Bertz CT molecular complexity index is 2000. The van der Waals surface area contributed by atoms with Crippen molar-refractivity contribution in [1.82, 2.24) is 9.91 Å². The maximum Gasteiger partial charge on any atom is 0.260 e. The highest BCUT2D eigenvalue weighted by molar-refractivity contribution is 6.36. The first-order valence-electron chi connectivity index (χ1n) is 16.9. The zero-order chi connectivity index (χ0) is 36.2. The van der Waals surface area contributed by atoms with Crippen LogP contribution in [-0.4, -0.2) is 59.4 Å². The summed E-state index contributed by atoms with van der Waals surface area (Å²) >= 11 is 12.7. The number of carbonyl (C=O) groups excluding carboxylic acids is 4. The van der Waals surface area contributed by atoms with Crippen molar-refractivity contribution in [1.29, 1.82) is 0 Å². The first-order valence-corrected chi connectivity index (χ1v) is 17.7. The fraction of sp³-hybridized carbons (Fsp3) is 0.333. The monoisotopic (exact) mass is 729 g/mol. The Morgan fingerprint density at radius 2 is 1.71 bits per heavy atom. The average Bonchev–Trinajstić information content (AvgIpc) is 3.50. The number of hydrogen-bond donors (Lipinski definition) is 2. The van der Waals surface area contributed by atoms with Crippen molar-refractivity contribution in [3.63, 3.8) is 0 Å². The second-order valence-corrected chi connectivity index (χ2v) is 14.2. The van der Waals surface area contributed by atoms with Crippen molar-refractivity contribution >= 4 is 58.6 Å². The van der Waals surface area contributed by atoms with E-state index >= 15 is 4.79 Å². The molecule has 3 aromatic carbocycles. The predicted octanol–water partition coefficient (Wildman–Crippen LogP) is 6.66. The third-order valence-electron chi connectivity index (χ3n) is 10.9. The van der Waals surface area contributed by atoms with Crippen LogP contribution in [0.15, 0.2) is 78.4 Å². The fourth-order valence-electron chi connectivity index (χ4n) is 8.60. The molecule has 0 radical (unpaired) electrons. The minimum absolute atomic E-state index is 0.0247. The minimum Gasteiger partial charge on any atom is -0.504 e. The zero-order valence-electron chi connectivity index (χ0n) is 28.3. The third-order valence-corrected chi connectivity index (χ3v) is 11.4. The number of methoxy groups -OCH3 is 2. The minimum atomic E-state index is -1.46. The number of nitrogens with one attached hydrogen (secondary N) is 1. The number of aromatic hydroxyl groups is 1. The van der Waals surface area contributed by atoms with Gasteiger partial charge in [0.15, 0.2) is 11.5 Å². The van der Waals surface area contributed by atoms with E-state index < -0.39 is 46.8 Å². The van der Waals surface area contributed by atoms with Crippen molar-refractivity contribution in [3.05, 3.63) is 99.6 Å². The molecule has 0 aromatic heterocycles. The number of likely N-dealkylation sites (tertiary alicyclic amines) is 1. The molecule has 2 N–H and O–H groups in total. The second kappa shape index (κ2) is 13.4. The number of ether oxygens (including phenoxy) is 2. The lowest BCUT2D eigenvalue weighted by molar-refractivity contribution is -0.141. The second-order valence-electron chi connectivity index (χ2n) is 13.4. The van der Waals surface area contributed by atoms with Crippen LogP contribution >= 0.6 is 23.2 Å². The molecule has 264 valence electrons. The van der Waals surface area contributed by atoms with E-state index in [2.05, 4.69) is 5.43 Å². The number of allylic oxidation sites excluding steroid dienone is 3. The summed E-state index contributed by atoms with van der Waals surface area (Å²) in [5.74, 6) is -3.87. The number of fused-ring (bicyclic) bond motifs is 4. The summed E-state index contributed by atoms with van der Waals surface area (Å²) in [5, 5.41) is 11.9. The van der Waals surface area contributed by atoms with Gasteiger partial charge in [0.1, 0.15) is 5.75 Å². The molecule has 4 amide bonds. The first-order chi connectivity index (χ1) is 24.5. The molecule has 0 spiro atoms. The molecular weight excluding hydrogens is 693 g/mol. The lowest BCUT2D eigenvalue weighted by Crippen LogP contribution is -2.54. The number of imide groups is 2. The number of anilines is 1. The van der Waals surface area contributed by atoms with Crippen LogP contribution in [0.25, 0.3) is 6.08 Å². The number of phenols is 1. The highest BCUT2D eigenvalue weighted by Crippen LogP contribution is 2.61. The van der Waals surface area contributed by atoms with Crippen LogP contribution in [0.1, 0.15) is 37.3 Å². The van der Waals surface area contributed by atoms with Crippen molar-refractivity contribution < 1.29 is 33.8 Å². The predicted molar refractivity (Wildman–Crippen MR) is 192 cm³/mol. The largest absolute Gasteiger partial charge is 0.504 e. The van der Waals surface area contributed by atoms with Gasteiger partial charge in [-0.15, -0.1) is 0 Å². The maximum atomic E-state index is 15.2. The lowest BCUT2D eigenvalue weighted by Gasteiger charge is -2.49. The normalized spacial score (nSPS) is 27.0. The number of carbonyl (C=O) groups is 4. The Kier molecular flexibility index (Phi) is 9.10. The van der Waals surface area contributed by atoms with Crippen LogP contribution in [-0.2, 0) is 24.6 Å². The molecule has 4 aliphatic rings. The first kappa shape index (κ1) is 34.6. The molecule has 51 heavy (non-hydrogen) atoms. The highest BCUT2D eigenvalue weighted by Gasteiger charge is 2.69. The van der Waals surface area contributed by atoms with Gasteiger partial charge in [0.05, 0.1) is 48.1 Å². The summed E-state index contributed by atoms with van der Waals surface area (Å²) in [6, 6.07) is 16.8. The van der Waals surface area contributed by atoms with Crippen molar-refractivity contribution in [2.75, 3.05) is 26.2 Å². The van der Waals surface area contributed by atoms with E-state index in [9.17, 15) is 19.5 Å². The van der Waals surface area contributed by atoms with E-state index in [0.29, 0.717) is 47.0 Å². The molecular formula is C39H37Cl2N3O7. The van der Waals surface area contributed by atoms with E-state index in [1.165, 1.54) is 24.1 Å². The Morgan fingerprint density at radius 3 is 2.39 bits per heavy atom. The lowest BCUT2D eigenvalue weighted by atomic mass is 9.50. The molecule has 6 atom stereocenters. The smallest absolute Gasteiger partial charge is 0.260 e. The number of halogens is 2. The Balaban J connectivity index is 1.43. The number of rotatable bonds is 9. The molecule has 7 rings (SSSR count). The molecule has 2 aliphatic carbocycles. The number of benzene rings is 3. The molecule has 0 unspecified atom stereocenters. The molecule has 0 bridgehead atoms. The van der Waals surface area contributed by atoms with E-state index in [4.69, 9.17) is 32.7 Å². The summed E-state index contributed by atoms with van der Waals surface area (Å²) < 4.78 is 10.8. The van der Waals surface area contributed by atoms with Gasteiger partial charge in [-0.05, 0) is 78.8 Å². The number of hydrogen-bond acceptors (Lipinski definition) is 8. The Labute approximate surface area is 305 Å². The van der Waals surface area contributed by atoms with Crippen molar-refractivity contribution in [2.45, 2.75) is 31.6 Å². The highest BCUT2D eigenvalue weighted by atomic mass is 35.5. The number of amides is 4. The van der Waals surface area contributed by atoms with Gasteiger partial charge in [-0.25, -0.2) is 0 Å². The van der Waals surface area contributed by atoms with Gasteiger partial charge in [0.25, 0.3) is 11.8 Å². The van der Waals surface area contributed by atoms with E-state index in [0.717, 1.165) is 10.6 Å². The molecule has 2 heterocycles. The standard InChI is InChI=1S/C39H37Cl2N3O7/c1-4-17-43-35(46)26-13-12-25-27(34(26)37(43)48)20-29-36(47)44(42-31-15-9-23(40)19-30(31)41)38(49)39(29,22-7-10-24(50-2)11-8-22)28(25)14-5-21-6-16-32(45)33(18-21)51-3/h5-12,14-16,18-19,26-29,34,42,45H,4,13,17,20H2,1-3H3/t26-,27+,28-,29-,34-,39-/m0/s1. The maximum absolute atomic E-state index is 15.2. The zero-order valence-corrected chi connectivity index (χ0v) is 29.8. The van der Waals surface area contributed by atoms with Crippen LogP contribution in [0.5, 0.6) is 17.2 Å². The Hall–Kier alpha value is -4.80. The van der Waals surface area contributed by atoms with Crippen LogP contribution in [0.2, 0.25) is 10.0 Å². The number of nitrogens with zero attached hydrogens (tertiary/aromatic N) is 2. The summed E-state index contributed by atoms with van der Waals surface area (Å²) in [5.41, 5.74) is 3.96.